The molecule has 1 aromatic carbocycles. The normalized spacial score (nSPS) is 11.3. The van der Waals surface area contributed by atoms with Gasteiger partial charge in [0.2, 0.25) is 0 Å². The van der Waals surface area contributed by atoms with E-state index in [0.29, 0.717) is 15.8 Å². The van der Waals surface area contributed by atoms with Gasteiger partial charge in [0, 0.05) is 12.5 Å². The molecule has 1 N–H and O–H groups in total. The molecular formula is C13H10BrFN2O. The number of aromatic nitrogens is 2. The fourth-order valence-electron chi connectivity index (χ4n) is 1.96. The van der Waals surface area contributed by atoms with Crippen LogP contribution in [0.3, 0.4) is 0 Å². The Labute approximate surface area is 111 Å². The zero-order valence-electron chi connectivity index (χ0n) is 9.63. The first-order chi connectivity index (χ1) is 8.69. The van der Waals surface area contributed by atoms with Gasteiger partial charge in [-0.2, -0.15) is 0 Å². The van der Waals surface area contributed by atoms with E-state index in [-0.39, 0.29) is 5.82 Å². The van der Waals surface area contributed by atoms with E-state index < -0.39 is 0 Å². The van der Waals surface area contributed by atoms with Crippen LogP contribution in [-0.4, -0.2) is 9.97 Å². The predicted octanol–water partition coefficient (Wildman–Crippen LogP) is 4.29. The summed E-state index contributed by atoms with van der Waals surface area (Å²) in [5.41, 5.74) is 2.32. The highest BCUT2D eigenvalue weighted by molar-refractivity contribution is 9.10. The molecule has 0 saturated carbocycles. The molecule has 3 rings (SSSR count). The lowest BCUT2D eigenvalue weighted by Gasteiger charge is -1.94. The Kier molecular flexibility index (Phi) is 2.70. The Morgan fingerprint density at radius 3 is 3.06 bits per heavy atom. The lowest BCUT2D eigenvalue weighted by atomic mass is 10.2. The highest BCUT2D eigenvalue weighted by Crippen LogP contribution is 2.27. The van der Waals surface area contributed by atoms with Crippen molar-refractivity contribution in [3.63, 3.8) is 0 Å². The van der Waals surface area contributed by atoms with Crippen LogP contribution < -0.4 is 0 Å². The standard InChI is InChI=1S/C13H10BrFN2O/c1-2-12-7(3-4-18-12)13-16-10-5-8(14)9(15)6-11(10)17-13/h3-6H,2H2,1H3,(H,16,17). The number of hydrogen-bond acceptors (Lipinski definition) is 2. The first-order valence-electron chi connectivity index (χ1n) is 5.60. The van der Waals surface area contributed by atoms with Gasteiger partial charge >= 0.3 is 0 Å². The number of benzene rings is 1. The quantitative estimate of drug-likeness (QED) is 0.767. The molecule has 0 amide bonds. The second kappa shape index (κ2) is 4.24. The molecule has 2 aromatic heterocycles. The number of furan rings is 1. The van der Waals surface area contributed by atoms with Gasteiger partial charge in [-0.05, 0) is 28.1 Å². The van der Waals surface area contributed by atoms with Gasteiger partial charge in [0.15, 0.2) is 0 Å². The highest BCUT2D eigenvalue weighted by atomic mass is 79.9. The lowest BCUT2D eigenvalue weighted by Crippen LogP contribution is -1.83. The number of hydrogen-bond donors (Lipinski definition) is 1. The van der Waals surface area contributed by atoms with Gasteiger partial charge in [0.1, 0.15) is 17.4 Å². The summed E-state index contributed by atoms with van der Waals surface area (Å²) in [6.45, 7) is 2.02. The molecule has 0 spiro atoms. The van der Waals surface area contributed by atoms with Crippen molar-refractivity contribution < 1.29 is 8.81 Å². The third-order valence-electron chi connectivity index (χ3n) is 2.85. The maximum absolute atomic E-state index is 13.4. The van der Waals surface area contributed by atoms with Gasteiger partial charge < -0.3 is 9.40 Å². The van der Waals surface area contributed by atoms with Crippen molar-refractivity contribution in [1.29, 1.82) is 0 Å². The van der Waals surface area contributed by atoms with Gasteiger partial charge in [0.25, 0.3) is 0 Å². The molecule has 0 unspecified atom stereocenters. The Hall–Kier alpha value is -1.62. The summed E-state index contributed by atoms with van der Waals surface area (Å²) < 4.78 is 19.2. The van der Waals surface area contributed by atoms with E-state index in [9.17, 15) is 4.39 Å². The van der Waals surface area contributed by atoms with Crippen molar-refractivity contribution in [2.45, 2.75) is 13.3 Å². The van der Waals surface area contributed by atoms with Gasteiger partial charge in [-0.1, -0.05) is 6.92 Å². The van der Waals surface area contributed by atoms with Gasteiger partial charge in [-0.3, -0.25) is 0 Å². The van der Waals surface area contributed by atoms with Crippen LogP contribution in [0.25, 0.3) is 22.4 Å². The number of H-pyrrole nitrogens is 1. The summed E-state index contributed by atoms with van der Waals surface area (Å²) in [5.74, 6) is 1.27. The van der Waals surface area contributed by atoms with Gasteiger partial charge in [0.05, 0.1) is 27.3 Å². The molecule has 18 heavy (non-hydrogen) atoms. The Bertz CT molecular complexity index is 678. The minimum absolute atomic E-state index is 0.305. The molecule has 0 fully saturated rings. The molecule has 0 radical (unpaired) electrons. The first-order valence-corrected chi connectivity index (χ1v) is 6.40. The van der Waals surface area contributed by atoms with Crippen molar-refractivity contribution in [3.8, 4) is 11.4 Å². The average molecular weight is 309 g/mol. The smallest absolute Gasteiger partial charge is 0.142 e. The second-order valence-electron chi connectivity index (χ2n) is 3.98. The first kappa shape index (κ1) is 11.5. The van der Waals surface area contributed by atoms with Crippen LogP contribution in [0.15, 0.2) is 33.4 Å². The number of imidazole rings is 1. The van der Waals surface area contributed by atoms with Crippen molar-refractivity contribution in [1.82, 2.24) is 9.97 Å². The Morgan fingerprint density at radius 2 is 2.28 bits per heavy atom. The number of fused-ring (bicyclic) bond motifs is 1. The summed E-state index contributed by atoms with van der Waals surface area (Å²) >= 11 is 3.16. The third-order valence-corrected chi connectivity index (χ3v) is 3.45. The number of nitrogens with zero attached hydrogens (tertiary/aromatic N) is 1. The predicted molar refractivity (Wildman–Crippen MR) is 70.8 cm³/mol. The number of rotatable bonds is 2. The minimum Gasteiger partial charge on any atom is -0.469 e. The van der Waals surface area contributed by atoms with Crippen LogP contribution in [-0.2, 0) is 6.42 Å². The maximum Gasteiger partial charge on any atom is 0.142 e. The van der Waals surface area contributed by atoms with Crippen molar-refractivity contribution in [2.75, 3.05) is 0 Å². The summed E-state index contributed by atoms with van der Waals surface area (Å²) in [6.07, 6.45) is 2.43. The van der Waals surface area contributed by atoms with E-state index in [1.54, 1.807) is 12.3 Å². The molecule has 5 heteroatoms. The number of aryl methyl sites for hydroxylation is 1. The lowest BCUT2D eigenvalue weighted by molar-refractivity contribution is 0.517. The number of nitrogens with one attached hydrogen (secondary N) is 1. The van der Waals surface area contributed by atoms with Crippen LogP contribution >= 0.6 is 15.9 Å². The molecular weight excluding hydrogens is 299 g/mol. The van der Waals surface area contributed by atoms with Crippen molar-refractivity contribution >= 4 is 27.0 Å². The van der Waals surface area contributed by atoms with E-state index in [0.717, 1.165) is 23.3 Å². The molecule has 3 nitrogen and oxygen atoms in total. The Morgan fingerprint density at radius 1 is 1.44 bits per heavy atom. The summed E-state index contributed by atoms with van der Waals surface area (Å²) in [5, 5.41) is 0. The SMILES string of the molecule is CCc1occc1-c1nc2cc(Br)c(F)cc2[nH]1. The molecule has 0 aliphatic rings. The topological polar surface area (TPSA) is 41.8 Å². The highest BCUT2D eigenvalue weighted by Gasteiger charge is 2.13. The fourth-order valence-corrected chi connectivity index (χ4v) is 2.29. The third kappa shape index (κ3) is 1.75. The van der Waals surface area contributed by atoms with E-state index >= 15 is 0 Å². The van der Waals surface area contributed by atoms with Crippen LogP contribution in [0.1, 0.15) is 12.7 Å². The van der Waals surface area contributed by atoms with E-state index in [1.807, 2.05) is 13.0 Å². The molecule has 0 atom stereocenters. The molecule has 0 bridgehead atoms. The van der Waals surface area contributed by atoms with Crippen LogP contribution in [0, 0.1) is 5.82 Å². The molecule has 0 aliphatic carbocycles. The molecule has 2 heterocycles. The van der Waals surface area contributed by atoms with Crippen LogP contribution in [0.5, 0.6) is 0 Å². The Balaban J connectivity index is 2.19. The van der Waals surface area contributed by atoms with E-state index in [2.05, 4.69) is 25.9 Å². The van der Waals surface area contributed by atoms with Crippen LogP contribution in [0.2, 0.25) is 0 Å². The van der Waals surface area contributed by atoms with Crippen molar-refractivity contribution in [2.24, 2.45) is 0 Å². The zero-order valence-corrected chi connectivity index (χ0v) is 11.2. The molecule has 3 aromatic rings. The number of aromatic amines is 1. The summed E-state index contributed by atoms with van der Waals surface area (Å²) in [4.78, 5) is 7.56. The largest absolute Gasteiger partial charge is 0.469 e. The second-order valence-corrected chi connectivity index (χ2v) is 4.83. The maximum atomic E-state index is 13.4. The average Bonchev–Trinajstić information content (AvgIpc) is 2.95. The van der Waals surface area contributed by atoms with E-state index in [4.69, 9.17) is 4.42 Å². The minimum atomic E-state index is -0.305. The fraction of sp³-hybridized carbons (Fsp3) is 0.154. The molecule has 0 aliphatic heterocycles. The summed E-state index contributed by atoms with van der Waals surface area (Å²) in [7, 11) is 0. The monoisotopic (exact) mass is 308 g/mol. The van der Waals surface area contributed by atoms with E-state index in [1.165, 1.54) is 6.07 Å². The molecule has 0 saturated heterocycles. The zero-order chi connectivity index (χ0) is 12.7. The van der Waals surface area contributed by atoms with Crippen LogP contribution in [0.4, 0.5) is 4.39 Å². The summed E-state index contributed by atoms with van der Waals surface area (Å²) in [6, 6.07) is 4.96. The van der Waals surface area contributed by atoms with Crippen molar-refractivity contribution in [3.05, 3.63) is 40.5 Å². The van der Waals surface area contributed by atoms with Gasteiger partial charge in [-0.15, -0.1) is 0 Å². The number of halogens is 2. The van der Waals surface area contributed by atoms with Gasteiger partial charge in [-0.25, -0.2) is 9.37 Å². The molecule has 92 valence electrons.